The standard InChI is InChI=1S/C24H26FN5O4S.C23H24FN5O4S.C15H18FN5.C9H9ClO4S.C9H10O2.CH4.ClHO3S.Li.2H2O/c1-17-14-22(27-20-8-6-19(25)7-9-20)28-24(26-17)29-10-12-30(13-11-29)35(32,33)21-5-3-4-18(15-21)16-23(31)34-2;1-16-13-21(26-19-7-5-18(24)6-8-19)27-23(25-16)28-9-11-29(12-10-28)34(32,33)20-4-2-3-17(14-20)15-22(30)31;1-11-10-14(19-13-4-2-12(16)3-5-13)20-15(18-11)21-8-6-17-7-9-21;1-14-9(11)6-7-3-2-4-8(5-7)15(10,12)13;1-11-9(10)7-8-5-3-2-4-6-8;;1-5(2,3)4;;;/h3-9,14-15H,10-13,16H2,1-2H3,(H,26,27,28);2-8,13-14H,9-12,15H2,1H3,(H,30,31)(H,25,26,27);2-5,10,17H,6-9H2,1H3,(H,18,19,20);2-5H,6H2,1H3;2-6H,7H2,1H3;1H4;(H,2,3,4);;2*1H2/q;;;;;;;+1;;/p-1. The maximum absolute atomic E-state index is 13.2. The molecule has 0 amide bonds. The zero-order valence-electron chi connectivity index (χ0n) is 68.2. The van der Waals surface area contributed by atoms with E-state index < -0.39 is 56.3 Å². The Hall–Kier alpha value is -11.0. The molecule has 0 aliphatic carbocycles. The fraction of sp³-hybridized carbons (Fsp3) is 0.284. The Labute approximate surface area is 744 Å². The number of sulfonamides is 2. The van der Waals surface area contributed by atoms with Crippen LogP contribution in [0.15, 0.2) is 209 Å². The van der Waals surface area contributed by atoms with Crippen molar-refractivity contribution in [3.63, 3.8) is 0 Å². The third kappa shape index (κ3) is 35.9. The van der Waals surface area contributed by atoms with E-state index in [-0.39, 0.29) is 121 Å². The van der Waals surface area contributed by atoms with Gasteiger partial charge in [-0.1, -0.05) is 74.2 Å². The van der Waals surface area contributed by atoms with Crippen molar-refractivity contribution in [3.8, 4) is 0 Å². The molecule has 10 aromatic rings. The number of benzene rings is 7. The zero-order chi connectivity index (χ0) is 88.0. The molecule has 3 aliphatic heterocycles. The summed E-state index contributed by atoms with van der Waals surface area (Å²) in [5.41, 5.74) is 7.11. The molecule has 668 valence electrons. The van der Waals surface area contributed by atoms with Crippen LogP contribution in [0.4, 0.5) is 65.5 Å². The summed E-state index contributed by atoms with van der Waals surface area (Å²) in [6.45, 7) is 12.0. The molecule has 3 aromatic heterocycles. The number of aryl methyl sites for hydroxylation is 3. The Bertz CT molecular complexity index is 5650. The van der Waals surface area contributed by atoms with Crippen molar-refractivity contribution in [1.29, 1.82) is 0 Å². The molecule has 44 heteroatoms. The van der Waals surface area contributed by atoms with Crippen LogP contribution in [-0.2, 0) is 97.5 Å². The maximum atomic E-state index is 13.2. The van der Waals surface area contributed by atoms with E-state index in [1.54, 1.807) is 78.9 Å². The number of aromatic nitrogens is 6. The minimum atomic E-state index is -4.19. The molecule has 0 bridgehead atoms. The van der Waals surface area contributed by atoms with Crippen LogP contribution in [0, 0.1) is 38.2 Å². The first-order valence-electron chi connectivity index (χ1n) is 36.9. The second kappa shape index (κ2) is 50.8. The van der Waals surface area contributed by atoms with Crippen molar-refractivity contribution in [2.75, 3.05) is 131 Å². The number of carboxylic acid groups (broad SMARTS) is 1. The second-order valence-corrected chi connectivity index (χ2v) is 35.0. The molecule has 13 rings (SSSR count). The quantitative estimate of drug-likeness (QED) is 0.0129. The summed E-state index contributed by atoms with van der Waals surface area (Å²) in [7, 11) is -2.25. The van der Waals surface area contributed by atoms with Crippen molar-refractivity contribution in [2.45, 2.75) is 68.6 Å². The van der Waals surface area contributed by atoms with E-state index in [1.165, 1.54) is 109 Å². The Balaban J connectivity index is 0.000000337. The third-order valence-electron chi connectivity index (χ3n) is 17.5. The largest absolute Gasteiger partial charge is 1.00 e. The minimum Gasteiger partial charge on any atom is -0.870 e. The van der Waals surface area contributed by atoms with Crippen LogP contribution in [0.2, 0.25) is 0 Å². The normalized spacial score (nSPS) is 13.2. The van der Waals surface area contributed by atoms with Crippen molar-refractivity contribution in [2.24, 2.45) is 0 Å². The number of methoxy groups -OCH3 is 3. The first-order valence-corrected chi connectivity index (χ1v) is 44.3. The number of rotatable bonds is 22. The fourth-order valence-electron chi connectivity index (χ4n) is 11.7. The predicted molar refractivity (Wildman–Crippen MR) is 463 cm³/mol. The van der Waals surface area contributed by atoms with Crippen molar-refractivity contribution >= 4 is 136 Å². The van der Waals surface area contributed by atoms with Gasteiger partial charge in [-0.2, -0.15) is 32.0 Å². The van der Waals surface area contributed by atoms with Gasteiger partial charge in [0.1, 0.15) is 34.9 Å². The SMILES string of the molecule is C.COC(=O)Cc1cccc(S(=O)(=O)Cl)c1.COC(=O)Cc1cccc(S(=O)(=O)N2CCN(c3nc(C)cc(Nc4ccc(F)cc4)n3)CC2)c1.COC(=O)Cc1ccccc1.Cc1cc(Nc2ccc(F)cc2)nc(N2CCN(S(=O)(=O)c3cccc(CC(=O)O)c3)CC2)n1.Cc1cc(Nc2ccc(F)cc2)nc(N2CCNCC2)n1.O.O=S(=O)(O)Cl.[Li+].[OH-]. The molecule has 0 unspecified atom stereocenters. The van der Waals surface area contributed by atoms with Crippen LogP contribution >= 0.6 is 21.4 Å². The topological polar surface area (TPSA) is 476 Å². The first kappa shape index (κ1) is 106. The van der Waals surface area contributed by atoms with E-state index in [0.717, 1.165) is 66.3 Å². The molecule has 125 heavy (non-hydrogen) atoms. The summed E-state index contributed by atoms with van der Waals surface area (Å²) in [5.74, 6) is 0.576. The van der Waals surface area contributed by atoms with Gasteiger partial charge in [-0.05, 0) is 152 Å². The van der Waals surface area contributed by atoms with Gasteiger partial charge in [0.15, 0.2) is 0 Å². The van der Waals surface area contributed by atoms with Gasteiger partial charge >= 0.3 is 52.1 Å². The van der Waals surface area contributed by atoms with E-state index in [0.29, 0.717) is 84.2 Å². The number of halogens is 5. The number of aliphatic carboxylic acids is 1. The average molecular weight is 1850 g/mol. The maximum Gasteiger partial charge on any atom is 1.00 e. The van der Waals surface area contributed by atoms with Crippen LogP contribution in [0.25, 0.3) is 0 Å². The number of hydrogen-bond donors (Lipinski definition) is 6. The number of ether oxygens (including phenoxy) is 3. The number of hydrogen-bond acceptors (Lipinski definition) is 29. The summed E-state index contributed by atoms with van der Waals surface area (Å²) in [4.78, 5) is 77.6. The number of anilines is 9. The number of carbonyl (C=O) groups is 4. The molecule has 0 saturated carbocycles. The molecule has 0 spiro atoms. The Morgan fingerprint density at radius 1 is 0.416 bits per heavy atom. The van der Waals surface area contributed by atoms with Crippen molar-refractivity contribution < 1.29 is 120 Å². The second-order valence-electron chi connectivity index (χ2n) is 26.6. The number of carbonyl (C=O) groups excluding carboxylic acids is 3. The van der Waals surface area contributed by atoms with Crippen LogP contribution < -0.4 is 54.8 Å². The third-order valence-corrected chi connectivity index (χ3v) is 22.6. The van der Waals surface area contributed by atoms with Gasteiger partial charge in [-0.3, -0.25) is 23.7 Å². The van der Waals surface area contributed by atoms with Crippen LogP contribution in [0.5, 0.6) is 0 Å². The molecule has 7 aromatic carbocycles. The average Bonchev–Trinajstić information content (AvgIpc) is 0.793. The van der Waals surface area contributed by atoms with Gasteiger partial charge in [-0.25, -0.2) is 53.4 Å². The fourth-order valence-corrected chi connectivity index (χ4v) is 15.5. The summed E-state index contributed by atoms with van der Waals surface area (Å²) in [6.07, 6.45) is 0.150. The summed E-state index contributed by atoms with van der Waals surface area (Å²) >= 11 is 0. The summed E-state index contributed by atoms with van der Waals surface area (Å²) < 4.78 is 155. The van der Waals surface area contributed by atoms with E-state index in [4.69, 9.17) is 28.8 Å². The molecule has 0 atom stereocenters. The van der Waals surface area contributed by atoms with Gasteiger partial charge in [0, 0.05) is 152 Å². The Morgan fingerprint density at radius 3 is 1.00 bits per heavy atom. The molecule has 6 heterocycles. The summed E-state index contributed by atoms with van der Waals surface area (Å²) in [6, 6.07) is 51.4. The van der Waals surface area contributed by atoms with Gasteiger partial charge in [0.05, 0.1) is 61.7 Å². The Morgan fingerprint density at radius 2 is 0.696 bits per heavy atom. The molecule has 0 radical (unpaired) electrons. The number of esters is 3. The van der Waals surface area contributed by atoms with E-state index >= 15 is 0 Å². The van der Waals surface area contributed by atoms with Gasteiger partial charge in [0.2, 0.25) is 37.9 Å². The molecule has 34 nitrogen and oxygen atoms in total. The van der Waals surface area contributed by atoms with Crippen LogP contribution in [0.1, 0.15) is 46.8 Å². The molecule has 9 N–H and O–H groups in total. The number of nitrogens with zero attached hydrogens (tertiary/aromatic N) is 11. The first-order chi connectivity index (χ1) is 57.4. The van der Waals surface area contributed by atoms with E-state index in [1.807, 2.05) is 67.0 Å². The van der Waals surface area contributed by atoms with Gasteiger partial charge in [0.25, 0.3) is 9.05 Å². The van der Waals surface area contributed by atoms with Crippen LogP contribution in [0.3, 0.4) is 0 Å². The smallest absolute Gasteiger partial charge is 0.870 e. The van der Waals surface area contributed by atoms with Crippen molar-refractivity contribution in [1.82, 2.24) is 43.8 Å². The molecule has 3 fully saturated rings. The minimum absolute atomic E-state index is 0. The van der Waals surface area contributed by atoms with Crippen molar-refractivity contribution in [3.05, 3.63) is 251 Å². The van der Waals surface area contributed by atoms with Gasteiger partial charge in [-0.15, -0.1) is 0 Å². The number of nitrogens with one attached hydrogen (secondary N) is 4. The number of carboxylic acids is 1. The van der Waals surface area contributed by atoms with Crippen LogP contribution in [-0.4, -0.2) is 217 Å². The van der Waals surface area contributed by atoms with E-state index in [2.05, 4.69) is 81.0 Å². The summed E-state index contributed by atoms with van der Waals surface area (Å²) in [5, 5.41) is 21.8. The zero-order valence-corrected chi connectivity index (χ0v) is 73.0. The Kier molecular flexibility index (Phi) is 43.2. The van der Waals surface area contributed by atoms with Gasteiger partial charge < -0.3 is 66.2 Å². The molecule has 3 saturated heterocycles. The monoisotopic (exact) mass is 1840 g/mol. The molecular formula is C81H95Cl2F3LiN15O19S4. The van der Waals surface area contributed by atoms with E-state index in [9.17, 15) is 57.6 Å². The predicted octanol–water partition coefficient (Wildman–Crippen LogP) is 7.18. The number of piperazine rings is 3. The molecular weight excluding hydrogens is 1750 g/mol. The molecule has 3 aliphatic rings.